The summed E-state index contributed by atoms with van der Waals surface area (Å²) in [4.78, 5) is 24.8. The Hall–Kier alpha value is -1.10. The number of ether oxygens (including phenoxy) is 1. The van der Waals surface area contributed by atoms with Gasteiger partial charge in [0.25, 0.3) is 0 Å². The van der Waals surface area contributed by atoms with E-state index in [1.165, 1.54) is 0 Å². The number of carbonyl (C=O) groups is 2. The molecule has 0 aromatic heterocycles. The molecule has 1 N–H and O–H groups in total. The van der Waals surface area contributed by atoms with Crippen LogP contribution in [0.15, 0.2) is 0 Å². The lowest BCUT2D eigenvalue weighted by molar-refractivity contribution is -0.146. The fourth-order valence-corrected chi connectivity index (χ4v) is 1.69. The molecule has 0 aromatic carbocycles. The molecule has 1 atom stereocenters. The molecule has 1 rings (SSSR count). The molecule has 0 saturated carbocycles. The lowest BCUT2D eigenvalue weighted by Gasteiger charge is -2.34. The third kappa shape index (κ3) is 2.92. The van der Waals surface area contributed by atoms with Crippen LogP contribution in [0.4, 0.5) is 0 Å². The average Bonchev–Trinajstić information content (AvgIpc) is 2.25. The van der Waals surface area contributed by atoms with E-state index < -0.39 is 0 Å². The van der Waals surface area contributed by atoms with Crippen molar-refractivity contribution in [2.45, 2.75) is 26.3 Å². The summed E-state index contributed by atoms with van der Waals surface area (Å²) in [6, 6.07) is -0.327. The van der Waals surface area contributed by atoms with Gasteiger partial charge in [-0.25, -0.2) is 0 Å². The molecule has 0 spiro atoms. The number of nitrogens with zero attached hydrogens (tertiary/aromatic N) is 1. The van der Waals surface area contributed by atoms with Crippen molar-refractivity contribution >= 4 is 11.8 Å². The number of hydrogen-bond donors (Lipinski definition) is 1. The van der Waals surface area contributed by atoms with Crippen molar-refractivity contribution < 1.29 is 14.3 Å². The van der Waals surface area contributed by atoms with Gasteiger partial charge in [0.2, 0.25) is 11.8 Å². The van der Waals surface area contributed by atoms with Gasteiger partial charge in [-0.2, -0.15) is 0 Å². The van der Waals surface area contributed by atoms with Gasteiger partial charge in [-0.15, -0.1) is 0 Å². The van der Waals surface area contributed by atoms with E-state index in [0.29, 0.717) is 26.1 Å². The van der Waals surface area contributed by atoms with Crippen LogP contribution in [0, 0.1) is 0 Å². The lowest BCUT2D eigenvalue weighted by atomic mass is 10.1. The molecule has 0 radical (unpaired) electrons. The van der Waals surface area contributed by atoms with Crippen molar-refractivity contribution in [3.8, 4) is 0 Å². The number of carbonyl (C=O) groups excluding carboxylic acids is 2. The van der Waals surface area contributed by atoms with Crippen molar-refractivity contribution in [2.75, 3.05) is 26.3 Å². The molecule has 1 aliphatic rings. The van der Waals surface area contributed by atoms with Crippen molar-refractivity contribution in [1.82, 2.24) is 10.2 Å². The first-order valence-electron chi connectivity index (χ1n) is 5.35. The molecule has 0 aliphatic carbocycles. The molecule has 1 aliphatic heterocycles. The maximum atomic E-state index is 11.7. The van der Waals surface area contributed by atoms with Crippen LogP contribution in [-0.2, 0) is 14.3 Å². The summed E-state index contributed by atoms with van der Waals surface area (Å²) in [6.45, 7) is 5.44. The summed E-state index contributed by atoms with van der Waals surface area (Å²) in [6.07, 6.45) is 0.643. The average molecular weight is 214 g/mol. The zero-order valence-corrected chi connectivity index (χ0v) is 9.28. The number of hydrogen-bond acceptors (Lipinski definition) is 3. The van der Waals surface area contributed by atoms with Crippen LogP contribution in [0.1, 0.15) is 20.3 Å². The SMILES string of the molecule is CCOCC(=O)N1CCNC(=O)C1CC. The van der Waals surface area contributed by atoms with Crippen LogP contribution in [0.5, 0.6) is 0 Å². The highest BCUT2D eigenvalue weighted by Gasteiger charge is 2.31. The predicted molar refractivity (Wildman–Crippen MR) is 55.3 cm³/mol. The van der Waals surface area contributed by atoms with Crippen LogP contribution in [-0.4, -0.2) is 49.1 Å². The van der Waals surface area contributed by atoms with Gasteiger partial charge in [0.1, 0.15) is 12.6 Å². The van der Waals surface area contributed by atoms with E-state index in [1.807, 2.05) is 13.8 Å². The number of rotatable bonds is 4. The summed E-state index contributed by atoms with van der Waals surface area (Å²) >= 11 is 0. The van der Waals surface area contributed by atoms with E-state index in [0.717, 1.165) is 0 Å². The molecule has 5 nitrogen and oxygen atoms in total. The van der Waals surface area contributed by atoms with Crippen molar-refractivity contribution in [3.63, 3.8) is 0 Å². The Bertz CT molecular complexity index is 243. The largest absolute Gasteiger partial charge is 0.372 e. The van der Waals surface area contributed by atoms with Crippen LogP contribution < -0.4 is 5.32 Å². The molecule has 0 bridgehead atoms. The molecule has 1 fully saturated rings. The fourth-order valence-electron chi connectivity index (χ4n) is 1.69. The van der Waals surface area contributed by atoms with Crippen molar-refractivity contribution in [1.29, 1.82) is 0 Å². The maximum Gasteiger partial charge on any atom is 0.249 e. The molecule has 5 heteroatoms. The van der Waals surface area contributed by atoms with E-state index in [4.69, 9.17) is 4.74 Å². The quantitative estimate of drug-likeness (QED) is 0.702. The van der Waals surface area contributed by atoms with Gasteiger partial charge in [-0.1, -0.05) is 6.92 Å². The van der Waals surface area contributed by atoms with Crippen molar-refractivity contribution in [3.05, 3.63) is 0 Å². The highest BCUT2D eigenvalue weighted by atomic mass is 16.5. The smallest absolute Gasteiger partial charge is 0.249 e. The summed E-state index contributed by atoms with van der Waals surface area (Å²) in [5.74, 6) is -0.160. The lowest BCUT2D eigenvalue weighted by Crippen LogP contribution is -2.57. The van der Waals surface area contributed by atoms with Crippen molar-refractivity contribution in [2.24, 2.45) is 0 Å². The maximum absolute atomic E-state index is 11.7. The molecule has 86 valence electrons. The molecule has 0 aromatic rings. The Labute approximate surface area is 89.8 Å². The van der Waals surface area contributed by atoms with Gasteiger partial charge in [0, 0.05) is 19.7 Å². The van der Waals surface area contributed by atoms with Gasteiger partial charge < -0.3 is 15.0 Å². The Balaban J connectivity index is 2.57. The number of nitrogens with one attached hydrogen (secondary N) is 1. The molecular weight excluding hydrogens is 196 g/mol. The molecule has 1 saturated heterocycles. The Morgan fingerprint density at radius 3 is 2.93 bits per heavy atom. The molecular formula is C10H18N2O3. The Kier molecular flexibility index (Phi) is 4.55. The topological polar surface area (TPSA) is 58.6 Å². The second kappa shape index (κ2) is 5.70. The predicted octanol–water partition coefficient (Wildman–Crippen LogP) is -0.240. The zero-order valence-electron chi connectivity index (χ0n) is 9.28. The van der Waals surface area contributed by atoms with Gasteiger partial charge in [-0.05, 0) is 13.3 Å². The summed E-state index contributed by atoms with van der Waals surface area (Å²) in [7, 11) is 0. The monoisotopic (exact) mass is 214 g/mol. The number of piperazine rings is 1. The zero-order chi connectivity index (χ0) is 11.3. The van der Waals surface area contributed by atoms with E-state index >= 15 is 0 Å². The van der Waals surface area contributed by atoms with E-state index in [2.05, 4.69) is 5.32 Å². The van der Waals surface area contributed by atoms with Gasteiger partial charge in [0.15, 0.2) is 0 Å². The van der Waals surface area contributed by atoms with Crippen LogP contribution in [0.25, 0.3) is 0 Å². The Morgan fingerprint density at radius 1 is 1.60 bits per heavy atom. The third-order valence-electron chi connectivity index (χ3n) is 2.47. The molecule has 1 unspecified atom stereocenters. The van der Waals surface area contributed by atoms with Crippen LogP contribution in [0.3, 0.4) is 0 Å². The van der Waals surface area contributed by atoms with Crippen LogP contribution >= 0.6 is 0 Å². The summed E-state index contributed by atoms with van der Waals surface area (Å²) in [5, 5.41) is 2.75. The van der Waals surface area contributed by atoms with Gasteiger partial charge in [0.05, 0.1) is 0 Å². The van der Waals surface area contributed by atoms with Gasteiger partial charge >= 0.3 is 0 Å². The first-order chi connectivity index (χ1) is 7.20. The van der Waals surface area contributed by atoms with Crippen LogP contribution in [0.2, 0.25) is 0 Å². The van der Waals surface area contributed by atoms with E-state index in [9.17, 15) is 9.59 Å². The van der Waals surface area contributed by atoms with Gasteiger partial charge in [-0.3, -0.25) is 9.59 Å². The highest BCUT2D eigenvalue weighted by molar-refractivity contribution is 5.89. The Morgan fingerprint density at radius 2 is 2.33 bits per heavy atom. The standard InChI is InChI=1S/C10H18N2O3/c1-3-8-10(14)11-5-6-12(8)9(13)7-15-4-2/h8H,3-7H2,1-2H3,(H,11,14). The third-order valence-corrected chi connectivity index (χ3v) is 2.47. The number of amides is 2. The second-order valence-corrected chi connectivity index (χ2v) is 3.44. The second-order valence-electron chi connectivity index (χ2n) is 3.44. The minimum absolute atomic E-state index is 0.0615. The fraction of sp³-hybridized carbons (Fsp3) is 0.800. The highest BCUT2D eigenvalue weighted by Crippen LogP contribution is 2.08. The summed E-state index contributed by atoms with van der Waals surface area (Å²) in [5.41, 5.74) is 0. The first kappa shape index (κ1) is 12.0. The minimum Gasteiger partial charge on any atom is -0.372 e. The summed E-state index contributed by atoms with van der Waals surface area (Å²) < 4.78 is 5.05. The van der Waals surface area contributed by atoms with E-state index in [-0.39, 0.29) is 24.5 Å². The normalized spacial score (nSPS) is 21.3. The van der Waals surface area contributed by atoms with E-state index in [1.54, 1.807) is 4.90 Å². The molecule has 1 heterocycles. The molecule has 15 heavy (non-hydrogen) atoms. The first-order valence-corrected chi connectivity index (χ1v) is 5.35. The molecule has 2 amide bonds. The minimum atomic E-state index is -0.327.